The maximum absolute atomic E-state index is 9.58. The van der Waals surface area contributed by atoms with Crippen LogP contribution in [0.15, 0.2) is 0 Å². The van der Waals surface area contributed by atoms with Crippen LogP contribution in [0, 0.1) is 0 Å². The molecule has 1 aliphatic rings. The molecular formula is C8H18N2O3. The largest absolute Gasteiger partial charge is 0.390 e. The monoisotopic (exact) mass is 190 g/mol. The van der Waals surface area contributed by atoms with Crippen molar-refractivity contribution in [2.45, 2.75) is 43.9 Å². The molecular weight excluding hydrogens is 172 g/mol. The quantitative estimate of drug-likeness (QED) is 0.508. The van der Waals surface area contributed by atoms with Crippen LogP contribution in [0.3, 0.4) is 0 Å². The van der Waals surface area contributed by atoms with Crippen LogP contribution in [0.1, 0.15) is 13.3 Å². The average molecular weight is 190 g/mol. The van der Waals surface area contributed by atoms with Crippen LogP contribution in [0.4, 0.5) is 0 Å². The smallest absolute Gasteiger partial charge is 0.172 e. The minimum Gasteiger partial charge on any atom is -0.390 e. The van der Waals surface area contributed by atoms with E-state index in [4.69, 9.17) is 20.9 Å². The highest BCUT2D eigenvalue weighted by Gasteiger charge is 2.37. The molecule has 13 heavy (non-hydrogen) atoms. The van der Waals surface area contributed by atoms with E-state index in [0.29, 0.717) is 6.42 Å². The summed E-state index contributed by atoms with van der Waals surface area (Å²) in [7, 11) is 1.53. The summed E-state index contributed by atoms with van der Waals surface area (Å²) in [5.41, 5.74) is 11.3. The van der Waals surface area contributed by atoms with E-state index in [1.165, 1.54) is 7.11 Å². The minimum atomic E-state index is -0.596. The normalized spacial score (nSPS) is 43.2. The predicted octanol–water partition coefficient (Wildman–Crippen LogP) is -1.22. The second kappa shape index (κ2) is 4.34. The van der Waals surface area contributed by atoms with E-state index in [9.17, 15) is 5.11 Å². The second-order valence-corrected chi connectivity index (χ2v) is 3.53. The van der Waals surface area contributed by atoms with E-state index in [1.807, 2.05) is 0 Å². The van der Waals surface area contributed by atoms with Crippen molar-refractivity contribution in [3.8, 4) is 0 Å². The molecule has 1 aliphatic heterocycles. The summed E-state index contributed by atoms with van der Waals surface area (Å²) in [6.07, 6.45) is -0.976. The lowest BCUT2D eigenvalue weighted by atomic mass is 9.97. The summed E-state index contributed by atoms with van der Waals surface area (Å²) in [5, 5.41) is 9.58. The first-order valence-electron chi connectivity index (χ1n) is 4.43. The average Bonchev–Trinajstić information content (AvgIpc) is 2.03. The molecule has 0 aliphatic carbocycles. The summed E-state index contributed by atoms with van der Waals surface area (Å²) in [6.45, 7) is 1.79. The number of nitrogens with two attached hydrogens (primary N) is 2. The summed E-state index contributed by atoms with van der Waals surface area (Å²) >= 11 is 0. The van der Waals surface area contributed by atoms with Crippen LogP contribution in [0.5, 0.6) is 0 Å². The first-order chi connectivity index (χ1) is 6.06. The van der Waals surface area contributed by atoms with Crippen molar-refractivity contribution in [2.24, 2.45) is 11.5 Å². The van der Waals surface area contributed by atoms with Crippen LogP contribution in [0.25, 0.3) is 0 Å². The minimum absolute atomic E-state index is 0.222. The molecule has 0 radical (unpaired) electrons. The Bertz CT molecular complexity index is 165. The van der Waals surface area contributed by atoms with Crippen molar-refractivity contribution in [3.63, 3.8) is 0 Å². The van der Waals surface area contributed by atoms with Crippen molar-refractivity contribution in [2.75, 3.05) is 7.11 Å². The number of aliphatic hydroxyl groups is 1. The molecule has 1 rings (SSSR count). The van der Waals surface area contributed by atoms with Crippen molar-refractivity contribution in [3.05, 3.63) is 0 Å². The van der Waals surface area contributed by atoms with Gasteiger partial charge in [0.25, 0.3) is 0 Å². The number of methoxy groups -OCH3 is 1. The molecule has 5 nitrogen and oxygen atoms in total. The molecule has 0 aromatic rings. The number of hydrogen-bond donors (Lipinski definition) is 3. The molecule has 0 bridgehead atoms. The van der Waals surface area contributed by atoms with Crippen molar-refractivity contribution in [1.29, 1.82) is 0 Å². The van der Waals surface area contributed by atoms with Gasteiger partial charge in [0.1, 0.15) is 6.10 Å². The van der Waals surface area contributed by atoms with E-state index in [0.717, 1.165) is 0 Å². The van der Waals surface area contributed by atoms with Gasteiger partial charge in [-0.15, -0.1) is 0 Å². The Kier molecular flexibility index (Phi) is 3.63. The van der Waals surface area contributed by atoms with Crippen molar-refractivity contribution in [1.82, 2.24) is 0 Å². The summed E-state index contributed by atoms with van der Waals surface area (Å²) < 4.78 is 10.4. The van der Waals surface area contributed by atoms with Crippen molar-refractivity contribution < 1.29 is 14.6 Å². The SMILES string of the molecule is CO[C@H]1OC(C(C)N)[C@@H](O)C[C@H]1N. The van der Waals surface area contributed by atoms with Crippen LogP contribution in [-0.4, -0.2) is 42.8 Å². The van der Waals surface area contributed by atoms with Gasteiger partial charge in [0.05, 0.1) is 12.1 Å². The summed E-state index contributed by atoms with van der Waals surface area (Å²) in [5.74, 6) is 0. The predicted molar refractivity (Wildman–Crippen MR) is 47.9 cm³/mol. The van der Waals surface area contributed by atoms with Gasteiger partial charge in [-0.25, -0.2) is 0 Å². The lowest BCUT2D eigenvalue weighted by Gasteiger charge is -2.38. The van der Waals surface area contributed by atoms with Crippen LogP contribution < -0.4 is 11.5 Å². The van der Waals surface area contributed by atoms with Gasteiger partial charge in [0.2, 0.25) is 0 Å². The molecule has 0 saturated carbocycles. The highest BCUT2D eigenvalue weighted by atomic mass is 16.7. The zero-order valence-electron chi connectivity index (χ0n) is 8.01. The van der Waals surface area contributed by atoms with Gasteiger partial charge < -0.3 is 26.0 Å². The molecule has 2 unspecified atom stereocenters. The molecule has 5 heteroatoms. The molecule has 1 heterocycles. The molecule has 0 aromatic heterocycles. The fourth-order valence-corrected chi connectivity index (χ4v) is 1.58. The van der Waals surface area contributed by atoms with E-state index in [-0.39, 0.29) is 18.2 Å². The third-order valence-corrected chi connectivity index (χ3v) is 2.28. The van der Waals surface area contributed by atoms with E-state index in [1.54, 1.807) is 6.92 Å². The van der Waals surface area contributed by atoms with Gasteiger partial charge in [-0.1, -0.05) is 0 Å². The zero-order valence-corrected chi connectivity index (χ0v) is 8.01. The first-order valence-corrected chi connectivity index (χ1v) is 4.43. The third kappa shape index (κ3) is 2.38. The summed E-state index contributed by atoms with van der Waals surface area (Å²) in [4.78, 5) is 0. The Morgan fingerprint density at radius 3 is 2.69 bits per heavy atom. The molecule has 0 aromatic carbocycles. The lowest BCUT2D eigenvalue weighted by molar-refractivity contribution is -0.223. The van der Waals surface area contributed by atoms with Gasteiger partial charge in [0.15, 0.2) is 6.29 Å². The van der Waals surface area contributed by atoms with Crippen LogP contribution in [-0.2, 0) is 9.47 Å². The van der Waals surface area contributed by atoms with Gasteiger partial charge in [-0.05, 0) is 13.3 Å². The number of aliphatic hydroxyl groups excluding tert-OH is 1. The molecule has 1 fully saturated rings. The fourth-order valence-electron chi connectivity index (χ4n) is 1.58. The second-order valence-electron chi connectivity index (χ2n) is 3.53. The highest BCUT2D eigenvalue weighted by molar-refractivity contribution is 4.87. The van der Waals surface area contributed by atoms with Gasteiger partial charge in [-0.2, -0.15) is 0 Å². The first kappa shape index (κ1) is 10.9. The molecule has 5 atom stereocenters. The molecule has 78 valence electrons. The lowest BCUT2D eigenvalue weighted by Crippen LogP contribution is -2.56. The van der Waals surface area contributed by atoms with Crippen molar-refractivity contribution >= 4 is 0 Å². The maximum Gasteiger partial charge on any atom is 0.172 e. The molecule has 0 amide bonds. The Balaban J connectivity index is 2.58. The maximum atomic E-state index is 9.58. The molecule has 0 spiro atoms. The van der Waals surface area contributed by atoms with Gasteiger partial charge in [-0.3, -0.25) is 0 Å². The van der Waals surface area contributed by atoms with Gasteiger partial charge in [0, 0.05) is 13.2 Å². The van der Waals surface area contributed by atoms with Crippen LogP contribution in [0.2, 0.25) is 0 Å². The zero-order chi connectivity index (χ0) is 10.0. The van der Waals surface area contributed by atoms with Gasteiger partial charge >= 0.3 is 0 Å². The van der Waals surface area contributed by atoms with Crippen LogP contribution >= 0.6 is 0 Å². The van der Waals surface area contributed by atoms with E-state index < -0.39 is 12.4 Å². The fraction of sp³-hybridized carbons (Fsp3) is 1.00. The third-order valence-electron chi connectivity index (χ3n) is 2.28. The number of rotatable bonds is 2. The van der Waals surface area contributed by atoms with E-state index in [2.05, 4.69) is 0 Å². The summed E-state index contributed by atoms with van der Waals surface area (Å²) in [6, 6.07) is -0.504. The standard InChI is InChI=1S/C8H18N2O3/c1-4(9)7-6(11)3-5(10)8(12-2)13-7/h4-8,11H,3,9-10H2,1-2H3/t4?,5-,6+,7?,8+/m1/s1. The molecule has 1 saturated heterocycles. The Morgan fingerprint density at radius 1 is 1.62 bits per heavy atom. The number of ether oxygens (including phenoxy) is 2. The molecule has 5 N–H and O–H groups in total. The van der Waals surface area contributed by atoms with E-state index >= 15 is 0 Å². The Hall–Kier alpha value is -0.200. The Labute approximate surface area is 78.0 Å². The Morgan fingerprint density at radius 2 is 2.23 bits per heavy atom. The topological polar surface area (TPSA) is 90.7 Å². The number of hydrogen-bond acceptors (Lipinski definition) is 5. The highest BCUT2D eigenvalue weighted by Crippen LogP contribution is 2.20.